The number of halogens is 1. The van der Waals surface area contributed by atoms with E-state index < -0.39 is 0 Å². The van der Waals surface area contributed by atoms with Crippen LogP contribution in [0.25, 0.3) is 0 Å². The normalized spacial score (nSPS) is 10.4. The lowest BCUT2D eigenvalue weighted by atomic mass is 10.1. The molecule has 0 aliphatic carbocycles. The second kappa shape index (κ2) is 6.90. The van der Waals surface area contributed by atoms with Gasteiger partial charge in [-0.3, -0.25) is 4.79 Å². The lowest BCUT2D eigenvalue weighted by molar-refractivity contribution is 0.104. The van der Waals surface area contributed by atoms with Gasteiger partial charge in [-0.25, -0.2) is 0 Å². The second-order valence-electron chi connectivity index (χ2n) is 4.84. The molecule has 110 valence electrons. The summed E-state index contributed by atoms with van der Waals surface area (Å²) in [5.74, 6) is 0.0480. The Morgan fingerprint density at radius 1 is 1.05 bits per heavy atom. The molecule has 1 heterocycles. The van der Waals surface area contributed by atoms with Crippen molar-refractivity contribution in [1.29, 1.82) is 0 Å². The van der Waals surface area contributed by atoms with Crippen molar-refractivity contribution in [2.75, 3.05) is 5.32 Å². The molecule has 0 aliphatic rings. The lowest BCUT2D eigenvalue weighted by Crippen LogP contribution is -2.07. The molecule has 0 saturated heterocycles. The molecule has 0 unspecified atom stereocenters. The third-order valence-corrected chi connectivity index (χ3v) is 4.66. The summed E-state index contributed by atoms with van der Waals surface area (Å²) in [7, 11) is 0. The molecule has 0 atom stereocenters. The predicted octanol–water partition coefficient (Wildman–Crippen LogP) is 5.35. The largest absolute Gasteiger partial charge is 0.380 e. The number of hydrogen-bond donors (Lipinski definition) is 1. The van der Waals surface area contributed by atoms with Gasteiger partial charge in [-0.05, 0) is 35.2 Å². The van der Waals surface area contributed by atoms with Crippen molar-refractivity contribution in [2.24, 2.45) is 0 Å². The van der Waals surface area contributed by atoms with Crippen molar-refractivity contribution in [2.45, 2.75) is 6.54 Å². The molecule has 22 heavy (non-hydrogen) atoms. The Morgan fingerprint density at radius 3 is 2.59 bits per heavy atom. The molecule has 3 aromatic rings. The van der Waals surface area contributed by atoms with Crippen LogP contribution in [-0.4, -0.2) is 5.78 Å². The van der Waals surface area contributed by atoms with Crippen molar-refractivity contribution in [1.82, 2.24) is 0 Å². The summed E-state index contributed by atoms with van der Waals surface area (Å²) in [4.78, 5) is 13.4. The van der Waals surface area contributed by atoms with Crippen molar-refractivity contribution in [3.8, 4) is 0 Å². The van der Waals surface area contributed by atoms with Crippen LogP contribution in [0.3, 0.4) is 0 Å². The van der Waals surface area contributed by atoms with E-state index in [9.17, 15) is 4.79 Å². The molecule has 3 rings (SSSR count). The van der Waals surface area contributed by atoms with E-state index >= 15 is 0 Å². The number of hydrogen-bond acceptors (Lipinski definition) is 3. The molecule has 0 saturated carbocycles. The van der Waals surface area contributed by atoms with Crippen molar-refractivity contribution < 1.29 is 4.79 Å². The van der Waals surface area contributed by atoms with E-state index in [2.05, 4.69) is 33.4 Å². The topological polar surface area (TPSA) is 29.1 Å². The minimum absolute atomic E-state index is 0.0480. The Kier molecular flexibility index (Phi) is 4.71. The fourth-order valence-electron chi connectivity index (χ4n) is 2.19. The zero-order valence-electron chi connectivity index (χ0n) is 11.8. The fourth-order valence-corrected chi connectivity index (χ4v) is 3.23. The van der Waals surface area contributed by atoms with Gasteiger partial charge in [0.05, 0.1) is 4.88 Å². The van der Waals surface area contributed by atoms with Gasteiger partial charge in [-0.15, -0.1) is 11.3 Å². The first-order valence-corrected chi connectivity index (χ1v) is 8.57. The number of carbonyl (C=O) groups excluding carboxylic acids is 1. The smallest absolute Gasteiger partial charge is 0.205 e. The first kappa shape index (κ1) is 15.0. The molecule has 0 radical (unpaired) electrons. The maximum absolute atomic E-state index is 12.6. The molecular formula is C18H14BrNOS. The van der Waals surface area contributed by atoms with Crippen LogP contribution in [0.1, 0.15) is 20.8 Å². The van der Waals surface area contributed by atoms with Gasteiger partial charge in [0.25, 0.3) is 0 Å². The standard InChI is InChI=1S/C18H14BrNOS/c19-14-8-9-16(20-12-13-5-2-1-3-6-13)15(11-14)18(21)17-7-4-10-22-17/h1-11,20H,12H2. The minimum atomic E-state index is 0.0480. The molecule has 2 nitrogen and oxygen atoms in total. The number of benzene rings is 2. The Morgan fingerprint density at radius 2 is 1.86 bits per heavy atom. The summed E-state index contributed by atoms with van der Waals surface area (Å²) in [6, 6.07) is 19.6. The van der Waals surface area contributed by atoms with Gasteiger partial charge in [-0.1, -0.05) is 52.3 Å². The first-order chi connectivity index (χ1) is 10.7. The highest BCUT2D eigenvalue weighted by Crippen LogP contribution is 2.26. The molecule has 0 fully saturated rings. The van der Waals surface area contributed by atoms with E-state index in [4.69, 9.17) is 0 Å². The van der Waals surface area contributed by atoms with Crippen LogP contribution in [0.2, 0.25) is 0 Å². The SMILES string of the molecule is O=C(c1cccs1)c1cc(Br)ccc1NCc1ccccc1. The predicted molar refractivity (Wildman–Crippen MR) is 95.7 cm³/mol. The van der Waals surface area contributed by atoms with Crippen LogP contribution in [0.5, 0.6) is 0 Å². The number of thiophene rings is 1. The molecule has 0 aliphatic heterocycles. The van der Waals surface area contributed by atoms with Crippen LogP contribution >= 0.6 is 27.3 Å². The van der Waals surface area contributed by atoms with E-state index in [0.717, 1.165) is 15.0 Å². The summed E-state index contributed by atoms with van der Waals surface area (Å²) in [6.07, 6.45) is 0. The van der Waals surface area contributed by atoms with Gasteiger partial charge in [0.2, 0.25) is 5.78 Å². The van der Waals surface area contributed by atoms with Crippen molar-refractivity contribution in [3.05, 3.63) is 86.5 Å². The molecule has 0 amide bonds. The maximum atomic E-state index is 12.6. The first-order valence-electron chi connectivity index (χ1n) is 6.89. The number of anilines is 1. The van der Waals surface area contributed by atoms with E-state index in [0.29, 0.717) is 12.1 Å². The quantitative estimate of drug-likeness (QED) is 0.612. The third kappa shape index (κ3) is 3.46. The molecular weight excluding hydrogens is 358 g/mol. The average molecular weight is 372 g/mol. The molecule has 0 bridgehead atoms. The number of nitrogens with one attached hydrogen (secondary N) is 1. The molecule has 4 heteroatoms. The number of ketones is 1. The minimum Gasteiger partial charge on any atom is -0.380 e. The summed E-state index contributed by atoms with van der Waals surface area (Å²) < 4.78 is 0.901. The molecule has 1 aromatic heterocycles. The lowest BCUT2D eigenvalue weighted by Gasteiger charge is -2.11. The highest BCUT2D eigenvalue weighted by atomic mass is 79.9. The number of carbonyl (C=O) groups is 1. The summed E-state index contributed by atoms with van der Waals surface area (Å²) in [6.45, 7) is 0.688. The van der Waals surface area contributed by atoms with E-state index in [1.807, 2.05) is 53.9 Å². The average Bonchev–Trinajstić information content (AvgIpc) is 3.08. The summed E-state index contributed by atoms with van der Waals surface area (Å²) in [5, 5.41) is 5.28. The Labute approximate surface area is 141 Å². The fraction of sp³-hybridized carbons (Fsp3) is 0.0556. The van der Waals surface area contributed by atoms with Crippen molar-refractivity contribution in [3.63, 3.8) is 0 Å². The van der Waals surface area contributed by atoms with Crippen LogP contribution in [0.4, 0.5) is 5.69 Å². The zero-order chi connectivity index (χ0) is 15.4. The zero-order valence-corrected chi connectivity index (χ0v) is 14.2. The van der Waals surface area contributed by atoms with Crippen molar-refractivity contribution >= 4 is 38.7 Å². The summed E-state index contributed by atoms with van der Waals surface area (Å²) >= 11 is 4.91. The van der Waals surface area contributed by atoms with Crippen LogP contribution < -0.4 is 5.32 Å². The third-order valence-electron chi connectivity index (χ3n) is 3.30. The van der Waals surface area contributed by atoms with Gasteiger partial charge in [-0.2, -0.15) is 0 Å². The maximum Gasteiger partial charge on any atom is 0.205 e. The molecule has 0 spiro atoms. The summed E-state index contributed by atoms with van der Waals surface area (Å²) in [5.41, 5.74) is 2.72. The van der Waals surface area contributed by atoms with Crippen LogP contribution in [-0.2, 0) is 6.54 Å². The van der Waals surface area contributed by atoms with Gasteiger partial charge in [0, 0.05) is 22.3 Å². The Bertz CT molecular complexity index is 769. The number of rotatable bonds is 5. The van der Waals surface area contributed by atoms with E-state index in [-0.39, 0.29) is 5.78 Å². The van der Waals surface area contributed by atoms with Gasteiger partial charge < -0.3 is 5.32 Å². The van der Waals surface area contributed by atoms with Gasteiger partial charge in [0.15, 0.2) is 0 Å². The monoisotopic (exact) mass is 371 g/mol. The van der Waals surface area contributed by atoms with E-state index in [1.54, 1.807) is 0 Å². The molecule has 1 N–H and O–H groups in total. The van der Waals surface area contributed by atoms with Crippen LogP contribution in [0.15, 0.2) is 70.5 Å². The molecule has 2 aromatic carbocycles. The van der Waals surface area contributed by atoms with Gasteiger partial charge in [0.1, 0.15) is 0 Å². The second-order valence-corrected chi connectivity index (χ2v) is 6.70. The van der Waals surface area contributed by atoms with Gasteiger partial charge >= 0.3 is 0 Å². The highest BCUT2D eigenvalue weighted by Gasteiger charge is 2.15. The Hall–Kier alpha value is -1.91. The van der Waals surface area contributed by atoms with Crippen LogP contribution in [0, 0.1) is 0 Å². The highest BCUT2D eigenvalue weighted by molar-refractivity contribution is 9.10. The Balaban J connectivity index is 1.86. The van der Waals surface area contributed by atoms with E-state index in [1.165, 1.54) is 16.9 Å².